The Kier molecular flexibility index (Phi) is 3.96. The maximum absolute atomic E-state index is 6.49. The molecule has 3 rings (SSSR count). The molecule has 0 unspecified atom stereocenters. The highest BCUT2D eigenvalue weighted by Crippen LogP contribution is 2.48. The minimum Gasteiger partial charge on any atom is -0.495 e. The zero-order valence-corrected chi connectivity index (χ0v) is 13.0. The van der Waals surface area contributed by atoms with E-state index in [0.29, 0.717) is 5.92 Å². The zero-order valence-electron chi connectivity index (χ0n) is 12.3. The molecular formula is C17H24ClNO. The monoisotopic (exact) mass is 293 g/mol. The molecule has 0 spiro atoms. The molecule has 2 N–H and O–H groups in total. The Morgan fingerprint density at radius 1 is 1.25 bits per heavy atom. The summed E-state index contributed by atoms with van der Waals surface area (Å²) in [5.41, 5.74) is 8.87. The van der Waals surface area contributed by atoms with Crippen LogP contribution in [0.4, 0.5) is 0 Å². The van der Waals surface area contributed by atoms with Gasteiger partial charge >= 0.3 is 0 Å². The Labute approximate surface area is 126 Å². The highest BCUT2D eigenvalue weighted by Gasteiger charge is 2.38. The molecule has 0 bridgehead atoms. The Morgan fingerprint density at radius 3 is 2.45 bits per heavy atom. The van der Waals surface area contributed by atoms with Crippen molar-refractivity contribution in [1.29, 1.82) is 0 Å². The van der Waals surface area contributed by atoms with Crippen LogP contribution in [-0.2, 0) is 5.41 Å². The van der Waals surface area contributed by atoms with Gasteiger partial charge in [0, 0.05) is 12.0 Å². The van der Waals surface area contributed by atoms with Crippen molar-refractivity contribution in [2.75, 3.05) is 13.7 Å². The molecule has 0 atom stereocenters. The van der Waals surface area contributed by atoms with Gasteiger partial charge in [-0.1, -0.05) is 36.9 Å². The SMILES string of the molecule is COc1c(Cl)cc(C2(CN)CCC2)cc1C1CCCC1. The van der Waals surface area contributed by atoms with Gasteiger partial charge in [-0.15, -0.1) is 0 Å². The molecule has 0 aromatic heterocycles. The zero-order chi connectivity index (χ0) is 14.2. The van der Waals surface area contributed by atoms with Gasteiger partial charge < -0.3 is 10.5 Å². The summed E-state index contributed by atoms with van der Waals surface area (Å²) in [6.45, 7) is 0.722. The number of ether oxygens (including phenoxy) is 1. The molecule has 110 valence electrons. The van der Waals surface area contributed by atoms with Crippen LogP contribution in [0.2, 0.25) is 5.02 Å². The van der Waals surface area contributed by atoms with Crippen LogP contribution in [0.15, 0.2) is 12.1 Å². The Bertz CT molecular complexity index is 484. The second kappa shape index (κ2) is 5.57. The summed E-state index contributed by atoms with van der Waals surface area (Å²) in [5, 5.41) is 0.756. The summed E-state index contributed by atoms with van der Waals surface area (Å²) in [5.74, 6) is 1.49. The van der Waals surface area contributed by atoms with Crippen LogP contribution < -0.4 is 10.5 Å². The summed E-state index contributed by atoms with van der Waals surface area (Å²) in [4.78, 5) is 0. The highest BCUT2D eigenvalue weighted by molar-refractivity contribution is 6.32. The van der Waals surface area contributed by atoms with E-state index >= 15 is 0 Å². The lowest BCUT2D eigenvalue weighted by Gasteiger charge is -2.42. The maximum atomic E-state index is 6.49. The quantitative estimate of drug-likeness (QED) is 0.894. The van der Waals surface area contributed by atoms with E-state index in [0.717, 1.165) is 17.3 Å². The molecule has 1 aromatic rings. The smallest absolute Gasteiger partial charge is 0.140 e. The molecule has 0 aliphatic heterocycles. The third-order valence-corrected chi connectivity index (χ3v) is 5.67. The number of halogens is 1. The number of hydrogen-bond donors (Lipinski definition) is 1. The number of rotatable bonds is 4. The molecule has 2 nitrogen and oxygen atoms in total. The molecule has 2 fully saturated rings. The van der Waals surface area contributed by atoms with Crippen LogP contribution >= 0.6 is 11.6 Å². The Morgan fingerprint density at radius 2 is 1.95 bits per heavy atom. The third-order valence-electron chi connectivity index (χ3n) is 5.39. The van der Waals surface area contributed by atoms with Crippen molar-refractivity contribution in [3.63, 3.8) is 0 Å². The van der Waals surface area contributed by atoms with Gasteiger partial charge in [0.2, 0.25) is 0 Å². The van der Waals surface area contributed by atoms with Gasteiger partial charge in [-0.2, -0.15) is 0 Å². The topological polar surface area (TPSA) is 35.2 Å². The van der Waals surface area contributed by atoms with E-state index in [-0.39, 0.29) is 5.41 Å². The van der Waals surface area contributed by atoms with Gasteiger partial charge in [0.1, 0.15) is 5.75 Å². The van der Waals surface area contributed by atoms with Gasteiger partial charge in [-0.3, -0.25) is 0 Å². The van der Waals surface area contributed by atoms with Crippen molar-refractivity contribution in [2.24, 2.45) is 5.73 Å². The first-order chi connectivity index (χ1) is 9.70. The molecule has 0 radical (unpaired) electrons. The summed E-state index contributed by atoms with van der Waals surface area (Å²) in [7, 11) is 1.72. The average Bonchev–Trinajstić information content (AvgIpc) is 2.91. The van der Waals surface area contributed by atoms with Crippen LogP contribution in [0.5, 0.6) is 5.75 Å². The van der Waals surface area contributed by atoms with Crippen LogP contribution in [0, 0.1) is 0 Å². The number of hydrogen-bond acceptors (Lipinski definition) is 2. The molecule has 0 heterocycles. The summed E-state index contributed by atoms with van der Waals surface area (Å²) >= 11 is 6.49. The predicted molar refractivity (Wildman–Crippen MR) is 83.8 cm³/mol. The van der Waals surface area contributed by atoms with E-state index in [1.54, 1.807) is 7.11 Å². The van der Waals surface area contributed by atoms with E-state index in [9.17, 15) is 0 Å². The van der Waals surface area contributed by atoms with Crippen molar-refractivity contribution in [3.8, 4) is 5.75 Å². The molecule has 2 aliphatic rings. The average molecular weight is 294 g/mol. The minimum atomic E-state index is 0.170. The Balaban J connectivity index is 2.04. The van der Waals surface area contributed by atoms with Gasteiger partial charge in [-0.05, 0) is 48.8 Å². The first-order valence-electron chi connectivity index (χ1n) is 7.78. The lowest BCUT2D eigenvalue weighted by atomic mass is 9.64. The summed E-state index contributed by atoms with van der Waals surface area (Å²) in [6.07, 6.45) is 8.80. The lowest BCUT2D eigenvalue weighted by Crippen LogP contribution is -2.41. The largest absolute Gasteiger partial charge is 0.495 e. The van der Waals surface area contributed by atoms with Crippen molar-refractivity contribution in [3.05, 3.63) is 28.3 Å². The van der Waals surface area contributed by atoms with Crippen molar-refractivity contribution < 1.29 is 4.74 Å². The third kappa shape index (κ3) is 2.23. The first-order valence-corrected chi connectivity index (χ1v) is 8.16. The van der Waals surface area contributed by atoms with E-state index in [2.05, 4.69) is 12.1 Å². The van der Waals surface area contributed by atoms with Crippen molar-refractivity contribution >= 4 is 11.6 Å². The van der Waals surface area contributed by atoms with E-state index in [4.69, 9.17) is 22.1 Å². The molecular weight excluding hydrogens is 270 g/mol. The maximum Gasteiger partial charge on any atom is 0.140 e. The second-order valence-electron chi connectivity index (χ2n) is 6.40. The van der Waals surface area contributed by atoms with Crippen molar-refractivity contribution in [2.45, 2.75) is 56.3 Å². The van der Waals surface area contributed by atoms with Gasteiger partial charge in [0.15, 0.2) is 0 Å². The first kappa shape index (κ1) is 14.2. The van der Waals surface area contributed by atoms with Gasteiger partial charge in [-0.25, -0.2) is 0 Å². The summed E-state index contributed by atoms with van der Waals surface area (Å²) < 4.78 is 5.58. The second-order valence-corrected chi connectivity index (χ2v) is 6.81. The predicted octanol–water partition coefficient (Wildman–Crippen LogP) is 4.39. The Hall–Kier alpha value is -0.730. The molecule has 3 heteroatoms. The molecule has 20 heavy (non-hydrogen) atoms. The van der Waals surface area contributed by atoms with E-state index < -0.39 is 0 Å². The van der Waals surface area contributed by atoms with Crippen LogP contribution in [0.1, 0.15) is 62.0 Å². The highest BCUT2D eigenvalue weighted by atomic mass is 35.5. The normalized spacial score (nSPS) is 21.8. The molecule has 2 aliphatic carbocycles. The van der Waals surface area contributed by atoms with Crippen LogP contribution in [0.25, 0.3) is 0 Å². The van der Waals surface area contributed by atoms with Gasteiger partial charge in [0.25, 0.3) is 0 Å². The number of nitrogens with two attached hydrogens (primary N) is 1. The standard InChI is InChI=1S/C17H24ClNO/c1-20-16-14(12-5-2-3-6-12)9-13(10-15(16)18)17(11-19)7-4-8-17/h9-10,12H,2-8,11,19H2,1H3. The van der Waals surface area contributed by atoms with Crippen molar-refractivity contribution in [1.82, 2.24) is 0 Å². The van der Waals surface area contributed by atoms with E-state index in [1.807, 2.05) is 0 Å². The van der Waals surface area contributed by atoms with Crippen LogP contribution in [-0.4, -0.2) is 13.7 Å². The fourth-order valence-corrected chi connectivity index (χ4v) is 4.19. The minimum absolute atomic E-state index is 0.170. The molecule has 0 amide bonds. The molecule has 2 saturated carbocycles. The lowest BCUT2D eigenvalue weighted by molar-refractivity contribution is 0.252. The van der Waals surface area contributed by atoms with E-state index in [1.165, 1.54) is 56.1 Å². The number of benzene rings is 1. The van der Waals surface area contributed by atoms with Crippen LogP contribution in [0.3, 0.4) is 0 Å². The number of methoxy groups -OCH3 is 1. The fourth-order valence-electron chi connectivity index (χ4n) is 3.89. The molecule has 0 saturated heterocycles. The molecule has 1 aromatic carbocycles. The van der Waals surface area contributed by atoms with Gasteiger partial charge in [0.05, 0.1) is 12.1 Å². The fraction of sp³-hybridized carbons (Fsp3) is 0.647. The summed E-state index contributed by atoms with van der Waals surface area (Å²) in [6, 6.07) is 4.43.